The van der Waals surface area contributed by atoms with Crippen LogP contribution in [0.5, 0.6) is 11.5 Å². The first-order chi connectivity index (χ1) is 20.6. The summed E-state index contributed by atoms with van der Waals surface area (Å²) in [5.41, 5.74) is 1.15. The van der Waals surface area contributed by atoms with E-state index in [4.69, 9.17) is 9.47 Å². The SMILES string of the molecule is O=C(Oc1ccc([S+](c2ccccc2)c2ccc(OC(=O)c3c(I)ccc(I)c3I)cc2)cc1)c1c(I)ccc(I)c1I. The first-order valence-electron chi connectivity index (χ1n) is 12.3. The summed E-state index contributed by atoms with van der Waals surface area (Å²) in [5, 5.41) is 0. The maximum absolute atomic E-state index is 13.1. The Balaban J connectivity index is 1.39. The Morgan fingerprint density at radius 3 is 1.19 bits per heavy atom. The van der Waals surface area contributed by atoms with E-state index in [1.807, 2.05) is 91.0 Å². The molecule has 5 rings (SSSR count). The van der Waals surface area contributed by atoms with Gasteiger partial charge in [-0.25, -0.2) is 9.59 Å². The van der Waals surface area contributed by atoms with Crippen LogP contribution in [0.1, 0.15) is 20.7 Å². The average molecular weight is 1260 g/mol. The zero-order valence-electron chi connectivity index (χ0n) is 21.6. The second kappa shape index (κ2) is 15.6. The van der Waals surface area contributed by atoms with Gasteiger partial charge in [0.25, 0.3) is 0 Å². The zero-order valence-corrected chi connectivity index (χ0v) is 35.4. The fourth-order valence-electron chi connectivity index (χ4n) is 4.00. The van der Waals surface area contributed by atoms with E-state index in [-0.39, 0.29) is 11.9 Å². The molecule has 0 aromatic heterocycles. The summed E-state index contributed by atoms with van der Waals surface area (Å²) in [7, 11) is -0.437. The molecule has 0 aliphatic heterocycles. The number of carbonyl (C=O) groups is 2. The standard InChI is InChI=1S/C32H17I6O4S/c33-23-14-16-25(35)29(37)27(23)31(39)41-18-6-10-21(11-7-18)43(20-4-2-1-3-5-20)22-12-8-19(9-13-22)42-32(40)28-24(34)15-17-26(36)30(28)38/h1-17H/q+1. The van der Waals surface area contributed by atoms with Crippen molar-refractivity contribution in [3.63, 3.8) is 0 Å². The van der Waals surface area contributed by atoms with Crippen molar-refractivity contribution in [2.24, 2.45) is 0 Å². The van der Waals surface area contributed by atoms with Gasteiger partial charge in [0.05, 0.1) is 22.0 Å². The molecule has 0 atom stereocenters. The van der Waals surface area contributed by atoms with Gasteiger partial charge in [0.2, 0.25) is 0 Å². The molecule has 43 heavy (non-hydrogen) atoms. The normalized spacial score (nSPS) is 11.0. The van der Waals surface area contributed by atoms with Crippen molar-refractivity contribution in [1.29, 1.82) is 0 Å². The van der Waals surface area contributed by atoms with Crippen LogP contribution >= 0.6 is 136 Å². The van der Waals surface area contributed by atoms with E-state index < -0.39 is 10.9 Å². The molecule has 0 aliphatic rings. The van der Waals surface area contributed by atoms with Gasteiger partial charge in [0.15, 0.2) is 14.7 Å². The molecule has 4 nitrogen and oxygen atoms in total. The third kappa shape index (κ3) is 8.20. The van der Waals surface area contributed by atoms with Gasteiger partial charge < -0.3 is 9.47 Å². The van der Waals surface area contributed by atoms with Crippen LogP contribution in [0.3, 0.4) is 0 Å². The summed E-state index contributed by atoms with van der Waals surface area (Å²) in [4.78, 5) is 29.4. The van der Waals surface area contributed by atoms with E-state index in [0.29, 0.717) is 22.6 Å². The molecule has 0 saturated carbocycles. The van der Waals surface area contributed by atoms with Crippen molar-refractivity contribution in [3.8, 4) is 11.5 Å². The van der Waals surface area contributed by atoms with Gasteiger partial charge in [0.1, 0.15) is 11.5 Å². The van der Waals surface area contributed by atoms with Crippen LogP contribution in [-0.4, -0.2) is 11.9 Å². The molecule has 0 amide bonds. The lowest BCUT2D eigenvalue weighted by Crippen LogP contribution is -2.13. The lowest BCUT2D eigenvalue weighted by atomic mass is 10.2. The van der Waals surface area contributed by atoms with Crippen LogP contribution in [0.2, 0.25) is 0 Å². The van der Waals surface area contributed by atoms with Crippen molar-refractivity contribution >= 4 is 158 Å². The van der Waals surface area contributed by atoms with E-state index in [1.54, 1.807) is 0 Å². The number of halogens is 6. The number of benzene rings is 5. The Hall–Kier alpha value is -0.230. The largest absolute Gasteiger partial charge is 0.423 e. The van der Waals surface area contributed by atoms with Crippen LogP contribution < -0.4 is 9.47 Å². The second-order valence-corrected chi connectivity index (χ2v) is 17.6. The number of hydrogen-bond donors (Lipinski definition) is 0. The smallest absolute Gasteiger partial charge is 0.345 e. The quantitative estimate of drug-likeness (QED) is 0.0536. The molecule has 216 valence electrons. The lowest BCUT2D eigenvalue weighted by molar-refractivity contribution is 0.0722. The summed E-state index contributed by atoms with van der Waals surface area (Å²) >= 11 is 13.2. The minimum atomic E-state index is -0.437. The van der Waals surface area contributed by atoms with Crippen molar-refractivity contribution in [2.75, 3.05) is 0 Å². The molecule has 0 unspecified atom stereocenters. The first kappa shape index (κ1) is 34.1. The minimum absolute atomic E-state index is 0.373. The van der Waals surface area contributed by atoms with Crippen LogP contribution in [0.15, 0.2) is 118 Å². The van der Waals surface area contributed by atoms with Crippen LogP contribution in [0.25, 0.3) is 0 Å². The highest BCUT2D eigenvalue weighted by molar-refractivity contribution is 14.1. The Kier molecular flexibility index (Phi) is 12.4. The fourth-order valence-corrected chi connectivity index (χ4v) is 10.7. The van der Waals surface area contributed by atoms with Crippen molar-refractivity contribution in [3.05, 3.63) is 136 Å². The van der Waals surface area contributed by atoms with Gasteiger partial charge in [-0.05, 0) is 220 Å². The third-order valence-corrected chi connectivity index (χ3v) is 16.1. The number of esters is 2. The minimum Gasteiger partial charge on any atom is -0.423 e. The molecule has 0 aliphatic carbocycles. The van der Waals surface area contributed by atoms with E-state index in [0.717, 1.165) is 36.1 Å². The van der Waals surface area contributed by atoms with Crippen LogP contribution in [0.4, 0.5) is 0 Å². The monoisotopic (exact) mass is 1260 g/mol. The molecule has 0 spiro atoms. The summed E-state index contributed by atoms with van der Waals surface area (Å²) in [6, 6.07) is 33.4. The van der Waals surface area contributed by atoms with Gasteiger partial charge in [-0.2, -0.15) is 0 Å². The first-order valence-corrected chi connectivity index (χ1v) is 20.0. The molecule has 0 fully saturated rings. The Labute approximate surface area is 334 Å². The van der Waals surface area contributed by atoms with Crippen molar-refractivity contribution in [2.45, 2.75) is 14.7 Å². The summed E-state index contributed by atoms with van der Waals surface area (Å²) in [6.07, 6.45) is 0. The van der Waals surface area contributed by atoms with Crippen LogP contribution in [-0.2, 0) is 10.9 Å². The highest BCUT2D eigenvalue weighted by Gasteiger charge is 2.29. The topological polar surface area (TPSA) is 52.6 Å². The van der Waals surface area contributed by atoms with Crippen molar-refractivity contribution in [1.82, 2.24) is 0 Å². The van der Waals surface area contributed by atoms with E-state index >= 15 is 0 Å². The number of ether oxygens (including phenoxy) is 2. The van der Waals surface area contributed by atoms with Gasteiger partial charge in [-0.1, -0.05) is 18.2 Å². The van der Waals surface area contributed by atoms with E-state index in [2.05, 4.69) is 148 Å². The Morgan fingerprint density at radius 1 is 0.442 bits per heavy atom. The third-order valence-electron chi connectivity index (χ3n) is 6.02. The molecular weight excluding hydrogens is 1240 g/mol. The summed E-state index contributed by atoms with van der Waals surface area (Å²) < 4.78 is 17.0. The molecule has 0 saturated heterocycles. The molecule has 0 heterocycles. The number of carbonyl (C=O) groups excluding carboxylic acids is 2. The molecule has 5 aromatic rings. The summed E-state index contributed by atoms with van der Waals surface area (Å²) in [5.74, 6) is 0.222. The number of hydrogen-bond acceptors (Lipinski definition) is 4. The van der Waals surface area contributed by atoms with Crippen molar-refractivity contribution < 1.29 is 19.1 Å². The van der Waals surface area contributed by atoms with Gasteiger partial charge >= 0.3 is 11.9 Å². The highest BCUT2D eigenvalue weighted by Crippen LogP contribution is 2.34. The van der Waals surface area contributed by atoms with Gasteiger partial charge in [-0.15, -0.1) is 0 Å². The molecule has 5 aromatic carbocycles. The molecule has 0 radical (unpaired) electrons. The predicted octanol–water partition coefficient (Wildman–Crippen LogP) is 10.8. The highest BCUT2D eigenvalue weighted by atomic mass is 127. The lowest BCUT2D eigenvalue weighted by Gasteiger charge is -2.12. The fraction of sp³-hybridized carbons (Fsp3) is 0. The van der Waals surface area contributed by atoms with Gasteiger partial charge in [0, 0.05) is 21.4 Å². The molecule has 0 bridgehead atoms. The van der Waals surface area contributed by atoms with Crippen LogP contribution in [0, 0.1) is 21.4 Å². The molecule has 0 N–H and O–H groups in total. The zero-order chi connectivity index (χ0) is 30.7. The maximum Gasteiger partial charge on any atom is 0.345 e. The van der Waals surface area contributed by atoms with E-state index in [9.17, 15) is 9.59 Å². The van der Waals surface area contributed by atoms with Gasteiger partial charge in [-0.3, -0.25) is 0 Å². The Bertz CT molecular complexity index is 1700. The summed E-state index contributed by atoms with van der Waals surface area (Å²) in [6.45, 7) is 0. The maximum atomic E-state index is 13.1. The molecular formula is C32H17I6O4S+. The molecule has 11 heteroatoms. The second-order valence-electron chi connectivity index (χ2n) is 8.78. The number of rotatable bonds is 7. The predicted molar refractivity (Wildman–Crippen MR) is 221 cm³/mol. The Morgan fingerprint density at radius 2 is 0.791 bits per heavy atom. The van der Waals surface area contributed by atoms with E-state index in [1.165, 1.54) is 0 Å². The average Bonchev–Trinajstić information content (AvgIpc) is 3.00.